The van der Waals surface area contributed by atoms with Crippen molar-refractivity contribution in [2.75, 3.05) is 46.6 Å². The number of benzene rings is 1. The van der Waals surface area contributed by atoms with Gasteiger partial charge in [-0.3, -0.25) is 24.1 Å². The Morgan fingerprint density at radius 3 is 2.53 bits per heavy atom. The fourth-order valence-corrected chi connectivity index (χ4v) is 3.62. The van der Waals surface area contributed by atoms with Gasteiger partial charge in [-0.1, -0.05) is 12.1 Å². The number of ether oxygens (including phenoxy) is 2. The summed E-state index contributed by atoms with van der Waals surface area (Å²) in [5.74, 6) is -1.96. The summed E-state index contributed by atoms with van der Waals surface area (Å²) >= 11 is 0. The number of aliphatic hydroxyl groups excluding tert-OH is 1. The quantitative estimate of drug-likeness (QED) is 0.163. The van der Waals surface area contributed by atoms with Crippen LogP contribution in [0.25, 0.3) is 0 Å². The number of nitrogens with one attached hydrogen (secondary N) is 2. The van der Waals surface area contributed by atoms with Gasteiger partial charge in [-0.15, -0.1) is 0 Å². The average molecular weight is 478 g/mol. The highest BCUT2D eigenvalue weighted by atomic mass is 16.5. The van der Waals surface area contributed by atoms with Gasteiger partial charge in [0.25, 0.3) is 11.8 Å². The molecule has 0 spiro atoms. The van der Waals surface area contributed by atoms with Gasteiger partial charge in [0.2, 0.25) is 11.8 Å². The maximum atomic E-state index is 13.1. The number of fused-ring (bicyclic) bond motifs is 1. The lowest BCUT2D eigenvalue weighted by molar-refractivity contribution is -0.125. The van der Waals surface area contributed by atoms with Gasteiger partial charge in [-0.2, -0.15) is 0 Å². The second kappa shape index (κ2) is 14.2. The van der Waals surface area contributed by atoms with Crippen molar-refractivity contribution < 1.29 is 38.6 Å². The van der Waals surface area contributed by atoms with Crippen LogP contribution >= 0.6 is 0 Å². The summed E-state index contributed by atoms with van der Waals surface area (Å²) in [6.45, 7) is 1.52. The minimum Gasteiger partial charge on any atom is -0.394 e. The molecule has 1 aromatic rings. The molecule has 1 unspecified atom stereocenters. The van der Waals surface area contributed by atoms with Gasteiger partial charge in [0.1, 0.15) is 12.3 Å². The lowest BCUT2D eigenvalue weighted by atomic mass is 9.99. The zero-order chi connectivity index (χ0) is 24.9. The summed E-state index contributed by atoms with van der Waals surface area (Å²) in [6.07, 6.45) is 1.02. The van der Waals surface area contributed by atoms with E-state index in [1.54, 1.807) is 12.1 Å². The Balaban J connectivity index is 1.94. The molecule has 2 rings (SSSR count). The Hall–Kier alpha value is -3.15. The van der Waals surface area contributed by atoms with Crippen molar-refractivity contribution in [3.63, 3.8) is 0 Å². The molecule has 0 fully saturated rings. The third-order valence-electron chi connectivity index (χ3n) is 5.25. The number of aryl methyl sites for hydroxylation is 1. The van der Waals surface area contributed by atoms with Gasteiger partial charge in [0, 0.05) is 26.4 Å². The van der Waals surface area contributed by atoms with Crippen LogP contribution in [0.5, 0.6) is 0 Å². The average Bonchev–Trinajstić information content (AvgIpc) is 3.10. The molecule has 0 saturated carbocycles. The van der Waals surface area contributed by atoms with Gasteiger partial charge in [0.15, 0.2) is 0 Å². The normalized spacial score (nSPS) is 13.5. The number of hydrogen-bond donors (Lipinski definition) is 3. The van der Waals surface area contributed by atoms with Crippen LogP contribution in [-0.2, 0) is 30.3 Å². The number of carbonyl (C=O) groups excluding carboxylic acids is 5. The Morgan fingerprint density at radius 1 is 1.12 bits per heavy atom. The topological polar surface area (TPSA) is 151 Å². The van der Waals surface area contributed by atoms with Gasteiger partial charge < -0.3 is 30.0 Å². The highest BCUT2D eigenvalue weighted by molar-refractivity contribution is 6.23. The molecule has 0 aliphatic carbocycles. The van der Waals surface area contributed by atoms with Crippen molar-refractivity contribution in [3.05, 3.63) is 34.9 Å². The monoisotopic (exact) mass is 477 g/mol. The Bertz CT molecular complexity index is 889. The fourth-order valence-electron chi connectivity index (χ4n) is 3.62. The van der Waals surface area contributed by atoms with Crippen LogP contribution in [0, 0.1) is 0 Å². The molecule has 1 atom stereocenters. The lowest BCUT2D eigenvalue weighted by Gasteiger charge is -2.24. The summed E-state index contributed by atoms with van der Waals surface area (Å²) in [7, 11) is 1.40. The van der Waals surface area contributed by atoms with E-state index < -0.39 is 23.8 Å². The molecule has 0 radical (unpaired) electrons. The van der Waals surface area contributed by atoms with E-state index in [-0.39, 0.29) is 55.9 Å². The molecule has 1 heterocycles. The number of amides is 4. The van der Waals surface area contributed by atoms with Crippen LogP contribution in [0.1, 0.15) is 45.5 Å². The molecule has 1 aliphatic heterocycles. The molecule has 3 N–H and O–H groups in total. The number of likely N-dealkylation sites (N-methyl/N-ethyl adjacent to an activating group) is 1. The first-order valence-electron chi connectivity index (χ1n) is 11.1. The number of rotatable bonds is 16. The number of aliphatic hydroxyl groups is 1. The van der Waals surface area contributed by atoms with E-state index in [4.69, 9.17) is 14.6 Å². The third kappa shape index (κ3) is 7.17. The maximum Gasteiger partial charge on any atom is 0.262 e. The highest BCUT2D eigenvalue weighted by Crippen LogP contribution is 2.29. The molecule has 11 heteroatoms. The predicted molar refractivity (Wildman–Crippen MR) is 120 cm³/mol. The summed E-state index contributed by atoms with van der Waals surface area (Å²) in [4.78, 5) is 62.3. The zero-order valence-electron chi connectivity index (χ0n) is 19.2. The van der Waals surface area contributed by atoms with Crippen molar-refractivity contribution in [2.24, 2.45) is 0 Å². The van der Waals surface area contributed by atoms with E-state index in [2.05, 4.69) is 10.6 Å². The molecule has 1 aliphatic rings. The SMILES string of the molecule is CNC(=O)C(CCC=O)N1C(=O)c2cccc(CCC(=O)NCCOCCOCCO)c2C1=O. The van der Waals surface area contributed by atoms with Crippen LogP contribution in [0.3, 0.4) is 0 Å². The number of carbonyl (C=O) groups is 5. The molecule has 1 aromatic carbocycles. The minimum atomic E-state index is -1.09. The van der Waals surface area contributed by atoms with Crippen LogP contribution in [0.2, 0.25) is 0 Å². The Labute approximate surface area is 197 Å². The molecular formula is C23H31N3O8. The lowest BCUT2D eigenvalue weighted by Crippen LogP contribution is -2.48. The summed E-state index contributed by atoms with van der Waals surface area (Å²) < 4.78 is 10.4. The largest absolute Gasteiger partial charge is 0.394 e. The van der Waals surface area contributed by atoms with E-state index in [0.29, 0.717) is 38.2 Å². The van der Waals surface area contributed by atoms with Crippen molar-refractivity contribution >= 4 is 29.9 Å². The Morgan fingerprint density at radius 2 is 1.85 bits per heavy atom. The number of aldehydes is 1. The van der Waals surface area contributed by atoms with E-state index in [1.165, 1.54) is 13.1 Å². The first-order chi connectivity index (χ1) is 16.5. The van der Waals surface area contributed by atoms with Crippen LogP contribution in [-0.4, -0.2) is 92.6 Å². The molecule has 0 bridgehead atoms. The molecule has 4 amide bonds. The molecular weight excluding hydrogens is 446 g/mol. The molecule has 11 nitrogen and oxygen atoms in total. The summed E-state index contributed by atoms with van der Waals surface area (Å²) in [5, 5.41) is 13.8. The smallest absolute Gasteiger partial charge is 0.262 e. The summed E-state index contributed by atoms with van der Waals surface area (Å²) in [6, 6.07) is 3.74. The Kier molecular flexibility index (Phi) is 11.3. The second-order valence-corrected chi connectivity index (χ2v) is 7.49. The number of nitrogens with zero attached hydrogens (tertiary/aromatic N) is 1. The first kappa shape index (κ1) is 27.1. The van der Waals surface area contributed by atoms with Gasteiger partial charge in [-0.05, 0) is 24.5 Å². The molecule has 0 saturated heterocycles. The maximum absolute atomic E-state index is 13.1. The van der Waals surface area contributed by atoms with Crippen molar-refractivity contribution in [2.45, 2.75) is 31.7 Å². The van der Waals surface area contributed by atoms with Crippen LogP contribution in [0.15, 0.2) is 18.2 Å². The van der Waals surface area contributed by atoms with E-state index >= 15 is 0 Å². The highest BCUT2D eigenvalue weighted by Gasteiger charge is 2.43. The zero-order valence-corrected chi connectivity index (χ0v) is 19.2. The minimum absolute atomic E-state index is 0.0257. The van der Waals surface area contributed by atoms with Crippen molar-refractivity contribution in [1.82, 2.24) is 15.5 Å². The van der Waals surface area contributed by atoms with E-state index in [1.807, 2.05) is 0 Å². The third-order valence-corrected chi connectivity index (χ3v) is 5.25. The van der Waals surface area contributed by atoms with Crippen molar-refractivity contribution in [1.29, 1.82) is 0 Å². The van der Waals surface area contributed by atoms with Crippen molar-refractivity contribution in [3.8, 4) is 0 Å². The van der Waals surface area contributed by atoms with E-state index in [0.717, 1.165) is 4.90 Å². The van der Waals surface area contributed by atoms with Gasteiger partial charge in [0.05, 0.1) is 44.2 Å². The van der Waals surface area contributed by atoms with Crippen LogP contribution in [0.4, 0.5) is 0 Å². The van der Waals surface area contributed by atoms with E-state index in [9.17, 15) is 24.0 Å². The predicted octanol–water partition coefficient (Wildman–Crippen LogP) is -0.549. The molecule has 186 valence electrons. The fraction of sp³-hybridized carbons (Fsp3) is 0.522. The molecule has 34 heavy (non-hydrogen) atoms. The number of hydrogen-bond acceptors (Lipinski definition) is 8. The summed E-state index contributed by atoms with van der Waals surface area (Å²) in [5.41, 5.74) is 0.906. The standard InChI is InChI=1S/C23H31N3O8/c1-24-21(30)18(6-3-10-27)26-22(31)17-5-2-4-16(20(17)23(26)32)7-8-19(29)25-9-12-33-14-15-34-13-11-28/h2,4-5,10,18,28H,3,6-9,11-15H2,1H3,(H,24,30)(H,25,29). The van der Waals surface area contributed by atoms with Crippen LogP contribution < -0.4 is 10.6 Å². The van der Waals surface area contributed by atoms with Gasteiger partial charge in [-0.25, -0.2) is 0 Å². The number of imide groups is 1. The van der Waals surface area contributed by atoms with Gasteiger partial charge >= 0.3 is 0 Å². The second-order valence-electron chi connectivity index (χ2n) is 7.49. The first-order valence-corrected chi connectivity index (χ1v) is 11.1. The molecule has 0 aromatic heterocycles.